The van der Waals surface area contributed by atoms with Crippen LogP contribution in [0.4, 0.5) is 8.78 Å². The fraction of sp³-hybridized carbons (Fsp3) is 0.364. The van der Waals surface area contributed by atoms with Crippen molar-refractivity contribution in [3.63, 3.8) is 0 Å². The van der Waals surface area contributed by atoms with Crippen LogP contribution < -0.4 is 19.5 Å². The van der Waals surface area contributed by atoms with Crippen LogP contribution >= 0.6 is 0 Å². The molecule has 0 bridgehead atoms. The topological polar surface area (TPSA) is 77.1 Å². The van der Waals surface area contributed by atoms with E-state index >= 15 is 0 Å². The zero-order valence-electron chi connectivity index (χ0n) is 17.3. The lowest BCUT2D eigenvalue weighted by Gasteiger charge is -2.26. The molecule has 31 heavy (non-hydrogen) atoms. The van der Waals surface area contributed by atoms with E-state index in [-0.39, 0.29) is 29.8 Å². The summed E-state index contributed by atoms with van der Waals surface area (Å²) in [5.74, 6) is 0.366. The molecule has 0 saturated carbocycles. The van der Waals surface area contributed by atoms with Gasteiger partial charge in [-0.05, 0) is 43.2 Å². The summed E-state index contributed by atoms with van der Waals surface area (Å²) in [5.41, 5.74) is 0.998. The Balaban J connectivity index is 1.66. The van der Waals surface area contributed by atoms with Crippen molar-refractivity contribution in [1.29, 1.82) is 0 Å². The van der Waals surface area contributed by atoms with Gasteiger partial charge in [0.2, 0.25) is 5.91 Å². The molecule has 0 radical (unpaired) electrons. The molecule has 0 aromatic heterocycles. The van der Waals surface area contributed by atoms with Crippen molar-refractivity contribution in [3.05, 3.63) is 53.6 Å². The number of alkyl halides is 2. The smallest absolute Gasteiger partial charge is 0.387 e. The van der Waals surface area contributed by atoms with E-state index in [4.69, 9.17) is 9.47 Å². The zero-order valence-corrected chi connectivity index (χ0v) is 17.3. The number of ether oxygens (including phenoxy) is 3. The predicted octanol–water partition coefficient (Wildman–Crippen LogP) is 3.40. The number of methoxy groups -OCH3 is 2. The number of nitrogens with one attached hydrogen (secondary N) is 1. The van der Waals surface area contributed by atoms with Crippen molar-refractivity contribution < 1.29 is 32.6 Å². The van der Waals surface area contributed by atoms with Crippen molar-refractivity contribution in [2.24, 2.45) is 0 Å². The first kappa shape index (κ1) is 22.3. The van der Waals surface area contributed by atoms with Crippen LogP contribution in [-0.2, 0) is 4.79 Å². The largest absolute Gasteiger partial charge is 0.497 e. The van der Waals surface area contributed by atoms with E-state index in [1.165, 1.54) is 24.3 Å². The second-order valence-corrected chi connectivity index (χ2v) is 6.94. The summed E-state index contributed by atoms with van der Waals surface area (Å²) in [7, 11) is 3.13. The van der Waals surface area contributed by atoms with Crippen LogP contribution in [0.2, 0.25) is 0 Å². The van der Waals surface area contributed by atoms with Crippen LogP contribution in [0, 0.1) is 0 Å². The lowest BCUT2D eigenvalue weighted by atomic mass is 10.0. The van der Waals surface area contributed by atoms with Gasteiger partial charge in [-0.25, -0.2) is 0 Å². The molecule has 2 aromatic carbocycles. The Morgan fingerprint density at radius 2 is 1.94 bits per heavy atom. The number of halogens is 2. The monoisotopic (exact) mass is 434 g/mol. The molecule has 2 amide bonds. The number of hydrogen-bond acceptors (Lipinski definition) is 5. The Hall–Kier alpha value is -3.36. The van der Waals surface area contributed by atoms with E-state index in [2.05, 4.69) is 10.1 Å². The number of rotatable bonds is 8. The second kappa shape index (κ2) is 10.1. The normalized spacial score (nSPS) is 15.6. The van der Waals surface area contributed by atoms with Crippen molar-refractivity contribution in [1.82, 2.24) is 10.2 Å². The molecule has 1 fully saturated rings. The Kier molecular flexibility index (Phi) is 7.28. The average Bonchev–Trinajstić information content (AvgIpc) is 3.26. The van der Waals surface area contributed by atoms with Gasteiger partial charge in [-0.15, -0.1) is 0 Å². The van der Waals surface area contributed by atoms with Gasteiger partial charge < -0.3 is 24.4 Å². The minimum Gasteiger partial charge on any atom is -0.497 e. The van der Waals surface area contributed by atoms with E-state index in [0.29, 0.717) is 18.0 Å². The summed E-state index contributed by atoms with van der Waals surface area (Å²) in [4.78, 5) is 26.9. The van der Waals surface area contributed by atoms with Crippen molar-refractivity contribution in [2.45, 2.75) is 25.5 Å². The third-order valence-electron chi connectivity index (χ3n) is 5.09. The summed E-state index contributed by atoms with van der Waals surface area (Å²) in [6.45, 7) is -2.64. The molecule has 1 atom stereocenters. The number of carbonyl (C=O) groups excluding carboxylic acids is 2. The quantitative estimate of drug-likeness (QED) is 0.689. The number of carbonyl (C=O) groups is 2. The average molecular weight is 434 g/mol. The molecule has 166 valence electrons. The molecule has 1 heterocycles. The number of amides is 2. The molecule has 1 saturated heterocycles. The lowest BCUT2D eigenvalue weighted by Crippen LogP contribution is -2.39. The van der Waals surface area contributed by atoms with Crippen LogP contribution in [0.5, 0.6) is 17.2 Å². The highest BCUT2D eigenvalue weighted by Gasteiger charge is 2.32. The van der Waals surface area contributed by atoms with Gasteiger partial charge in [0.25, 0.3) is 5.91 Å². The Labute approximate surface area is 178 Å². The van der Waals surface area contributed by atoms with Gasteiger partial charge in [0.1, 0.15) is 17.2 Å². The first-order chi connectivity index (χ1) is 14.9. The van der Waals surface area contributed by atoms with Gasteiger partial charge in [-0.3, -0.25) is 9.59 Å². The SMILES string of the molecule is COc1ccc(C2CCCN2C(=O)CNC(=O)c2cccc(OC(F)F)c2)c(OC)c1. The second-order valence-electron chi connectivity index (χ2n) is 6.94. The molecule has 9 heteroatoms. The maximum Gasteiger partial charge on any atom is 0.387 e. The van der Waals surface area contributed by atoms with Crippen LogP contribution in [0.25, 0.3) is 0 Å². The molecule has 2 aromatic rings. The van der Waals surface area contributed by atoms with Crippen LogP contribution in [0.3, 0.4) is 0 Å². The van der Waals surface area contributed by atoms with Gasteiger partial charge in [0.15, 0.2) is 0 Å². The number of nitrogens with zero attached hydrogens (tertiary/aromatic N) is 1. The van der Waals surface area contributed by atoms with E-state index in [1.54, 1.807) is 25.2 Å². The molecular weight excluding hydrogens is 410 g/mol. The number of benzene rings is 2. The van der Waals surface area contributed by atoms with Crippen LogP contribution in [0.15, 0.2) is 42.5 Å². The van der Waals surface area contributed by atoms with Gasteiger partial charge in [0.05, 0.1) is 26.8 Å². The number of hydrogen-bond donors (Lipinski definition) is 1. The maximum absolute atomic E-state index is 12.8. The summed E-state index contributed by atoms with van der Waals surface area (Å²) < 4.78 is 39.7. The first-order valence-corrected chi connectivity index (χ1v) is 9.77. The minimum absolute atomic E-state index is 0.125. The summed E-state index contributed by atoms with van der Waals surface area (Å²) >= 11 is 0. The van der Waals surface area contributed by atoms with E-state index in [9.17, 15) is 18.4 Å². The fourth-order valence-electron chi connectivity index (χ4n) is 3.66. The third-order valence-corrected chi connectivity index (χ3v) is 5.09. The molecule has 1 N–H and O–H groups in total. The molecule has 1 unspecified atom stereocenters. The predicted molar refractivity (Wildman–Crippen MR) is 109 cm³/mol. The highest BCUT2D eigenvalue weighted by Crippen LogP contribution is 2.38. The summed E-state index contributed by atoms with van der Waals surface area (Å²) in [6, 6.07) is 10.7. The molecule has 0 aliphatic carbocycles. The van der Waals surface area contributed by atoms with Crippen molar-refractivity contribution >= 4 is 11.8 Å². The maximum atomic E-state index is 12.8. The fourth-order valence-corrected chi connectivity index (χ4v) is 3.66. The summed E-state index contributed by atoms with van der Waals surface area (Å²) in [5, 5.41) is 2.55. The molecule has 1 aliphatic heterocycles. The molecular formula is C22H24F2N2O5. The van der Waals surface area contributed by atoms with Gasteiger partial charge in [-0.2, -0.15) is 8.78 Å². The van der Waals surface area contributed by atoms with Gasteiger partial charge in [0, 0.05) is 23.7 Å². The first-order valence-electron chi connectivity index (χ1n) is 9.77. The standard InChI is InChI=1S/C22H24F2N2O5/c1-29-15-8-9-17(19(12-15)30-2)18-7-4-10-26(18)20(27)13-25-21(28)14-5-3-6-16(11-14)31-22(23)24/h3,5-6,8-9,11-12,18,22H,4,7,10,13H2,1-2H3,(H,25,28). The van der Waals surface area contributed by atoms with Crippen LogP contribution in [0.1, 0.15) is 34.8 Å². The van der Waals surface area contributed by atoms with Gasteiger partial charge in [-0.1, -0.05) is 6.07 Å². The van der Waals surface area contributed by atoms with Crippen molar-refractivity contribution in [3.8, 4) is 17.2 Å². The Morgan fingerprint density at radius 1 is 1.13 bits per heavy atom. The Morgan fingerprint density at radius 3 is 2.65 bits per heavy atom. The van der Waals surface area contributed by atoms with E-state index < -0.39 is 12.5 Å². The lowest BCUT2D eigenvalue weighted by molar-refractivity contribution is -0.131. The Bertz CT molecular complexity index is 938. The number of likely N-dealkylation sites (tertiary alicyclic amines) is 1. The highest BCUT2D eigenvalue weighted by molar-refractivity contribution is 5.96. The zero-order chi connectivity index (χ0) is 22.4. The van der Waals surface area contributed by atoms with Crippen molar-refractivity contribution in [2.75, 3.05) is 27.3 Å². The van der Waals surface area contributed by atoms with E-state index in [1.807, 2.05) is 12.1 Å². The highest BCUT2D eigenvalue weighted by atomic mass is 19.3. The molecule has 7 nitrogen and oxygen atoms in total. The van der Waals surface area contributed by atoms with E-state index in [0.717, 1.165) is 18.4 Å². The molecule has 1 aliphatic rings. The van der Waals surface area contributed by atoms with Gasteiger partial charge >= 0.3 is 6.61 Å². The molecule has 3 rings (SSSR count). The summed E-state index contributed by atoms with van der Waals surface area (Å²) in [6.07, 6.45) is 1.60. The minimum atomic E-state index is -2.98. The third kappa shape index (κ3) is 5.42. The molecule has 0 spiro atoms. The van der Waals surface area contributed by atoms with Crippen LogP contribution in [-0.4, -0.2) is 50.6 Å².